The molecule has 0 spiro atoms. The summed E-state index contributed by atoms with van der Waals surface area (Å²) in [6.07, 6.45) is 0. The molecule has 2 N–H and O–H groups in total. The first-order valence-corrected chi connectivity index (χ1v) is 5.92. The normalized spacial score (nSPS) is 10.4. The summed E-state index contributed by atoms with van der Waals surface area (Å²) in [7, 11) is 1.84. The predicted molar refractivity (Wildman–Crippen MR) is 75.1 cm³/mol. The topological polar surface area (TPSA) is 29.3 Å². The van der Waals surface area contributed by atoms with Gasteiger partial charge in [0.25, 0.3) is 0 Å². The lowest BCUT2D eigenvalue weighted by Gasteiger charge is -2.21. The third-order valence-corrected chi connectivity index (χ3v) is 3.14. The Hall–Kier alpha value is -1.74. The Labute approximate surface area is 111 Å². The Morgan fingerprint density at radius 2 is 1.78 bits per heavy atom. The van der Waals surface area contributed by atoms with Gasteiger partial charge in [0.05, 0.1) is 16.4 Å². The van der Waals surface area contributed by atoms with E-state index in [4.69, 9.17) is 17.3 Å². The van der Waals surface area contributed by atoms with E-state index in [0.29, 0.717) is 11.4 Å². The van der Waals surface area contributed by atoms with Gasteiger partial charge in [-0.2, -0.15) is 0 Å². The van der Waals surface area contributed by atoms with Crippen molar-refractivity contribution in [2.45, 2.75) is 6.92 Å². The van der Waals surface area contributed by atoms with Crippen LogP contribution in [-0.2, 0) is 0 Å². The molecule has 0 fully saturated rings. The van der Waals surface area contributed by atoms with Crippen molar-refractivity contribution in [1.82, 2.24) is 0 Å². The second-order valence-corrected chi connectivity index (χ2v) is 4.63. The molecule has 0 bridgehead atoms. The summed E-state index contributed by atoms with van der Waals surface area (Å²) in [5.41, 5.74) is 9.02. The molecule has 0 aliphatic carbocycles. The van der Waals surface area contributed by atoms with Crippen molar-refractivity contribution >= 4 is 28.7 Å². The van der Waals surface area contributed by atoms with E-state index in [0.717, 1.165) is 5.69 Å². The molecule has 0 heterocycles. The number of benzene rings is 2. The van der Waals surface area contributed by atoms with Crippen molar-refractivity contribution in [3.05, 3.63) is 52.8 Å². The standard InChI is InChI=1S/C14H14ClFN2/c1-9-3-5-10(6-4-9)18(2)14-8-12(16)11(15)7-13(14)17/h3-8H,17H2,1-2H3. The second kappa shape index (κ2) is 4.86. The zero-order valence-corrected chi connectivity index (χ0v) is 11.0. The summed E-state index contributed by atoms with van der Waals surface area (Å²) in [5.74, 6) is -0.472. The monoisotopic (exact) mass is 264 g/mol. The van der Waals surface area contributed by atoms with Crippen LogP contribution in [-0.4, -0.2) is 7.05 Å². The van der Waals surface area contributed by atoms with Crippen LogP contribution in [0.2, 0.25) is 5.02 Å². The number of halogens is 2. The van der Waals surface area contributed by atoms with E-state index in [1.54, 1.807) is 0 Å². The van der Waals surface area contributed by atoms with Crippen LogP contribution in [0.5, 0.6) is 0 Å². The Bertz CT molecular complexity index is 567. The molecule has 0 saturated carbocycles. The predicted octanol–water partition coefficient (Wildman–Crippen LogP) is 4.14. The van der Waals surface area contributed by atoms with Crippen molar-refractivity contribution in [2.24, 2.45) is 0 Å². The minimum absolute atomic E-state index is 0.0357. The maximum atomic E-state index is 13.5. The lowest BCUT2D eigenvalue weighted by atomic mass is 10.2. The fourth-order valence-corrected chi connectivity index (χ4v) is 1.92. The molecule has 0 unspecified atom stereocenters. The second-order valence-electron chi connectivity index (χ2n) is 4.22. The van der Waals surface area contributed by atoms with Crippen LogP contribution >= 0.6 is 11.6 Å². The van der Waals surface area contributed by atoms with Gasteiger partial charge in [-0.1, -0.05) is 29.3 Å². The Morgan fingerprint density at radius 3 is 2.39 bits per heavy atom. The van der Waals surface area contributed by atoms with E-state index in [9.17, 15) is 4.39 Å². The van der Waals surface area contributed by atoms with Gasteiger partial charge in [-0.3, -0.25) is 0 Å². The van der Waals surface area contributed by atoms with Crippen molar-refractivity contribution in [1.29, 1.82) is 0 Å². The van der Waals surface area contributed by atoms with Gasteiger partial charge in [-0.05, 0) is 25.1 Å². The summed E-state index contributed by atoms with van der Waals surface area (Å²) < 4.78 is 13.5. The molecule has 0 radical (unpaired) electrons. The fraction of sp³-hybridized carbons (Fsp3) is 0.143. The number of hydrogen-bond acceptors (Lipinski definition) is 2. The molecule has 94 valence electrons. The van der Waals surface area contributed by atoms with Gasteiger partial charge in [-0.15, -0.1) is 0 Å². The van der Waals surface area contributed by atoms with Gasteiger partial charge in [0.2, 0.25) is 0 Å². The zero-order chi connectivity index (χ0) is 13.3. The van der Waals surface area contributed by atoms with E-state index < -0.39 is 5.82 Å². The van der Waals surface area contributed by atoms with Gasteiger partial charge >= 0.3 is 0 Å². The fourth-order valence-electron chi connectivity index (χ4n) is 1.75. The van der Waals surface area contributed by atoms with Crippen molar-refractivity contribution in [2.75, 3.05) is 17.7 Å². The van der Waals surface area contributed by atoms with Crippen molar-refractivity contribution in [3.63, 3.8) is 0 Å². The maximum absolute atomic E-state index is 13.5. The molecule has 2 aromatic rings. The number of hydrogen-bond donors (Lipinski definition) is 1. The van der Waals surface area contributed by atoms with E-state index in [1.807, 2.05) is 43.1 Å². The summed E-state index contributed by atoms with van der Waals surface area (Å²) in [4.78, 5) is 1.83. The van der Waals surface area contributed by atoms with Crippen LogP contribution < -0.4 is 10.6 Å². The average Bonchev–Trinajstić information content (AvgIpc) is 2.34. The van der Waals surface area contributed by atoms with Crippen LogP contribution in [0.1, 0.15) is 5.56 Å². The van der Waals surface area contributed by atoms with Gasteiger partial charge < -0.3 is 10.6 Å². The highest BCUT2D eigenvalue weighted by atomic mass is 35.5. The molecule has 0 aromatic heterocycles. The molecular formula is C14H14ClFN2. The molecule has 2 nitrogen and oxygen atoms in total. The molecular weight excluding hydrogens is 251 g/mol. The molecule has 4 heteroatoms. The summed E-state index contributed by atoms with van der Waals surface area (Å²) in [5, 5.41) is 0.0357. The minimum Gasteiger partial charge on any atom is -0.397 e. The first-order valence-electron chi connectivity index (χ1n) is 5.54. The van der Waals surface area contributed by atoms with Crippen LogP contribution in [0.3, 0.4) is 0 Å². The Kier molecular flexibility index (Phi) is 3.43. The number of nitrogens with zero attached hydrogens (tertiary/aromatic N) is 1. The molecule has 2 aromatic carbocycles. The highest BCUT2D eigenvalue weighted by Gasteiger charge is 2.11. The lowest BCUT2D eigenvalue weighted by Crippen LogP contribution is -2.12. The quantitative estimate of drug-likeness (QED) is 0.826. The summed E-state index contributed by atoms with van der Waals surface area (Å²) in [6, 6.07) is 10.7. The smallest absolute Gasteiger partial charge is 0.144 e. The van der Waals surface area contributed by atoms with Crippen LogP contribution in [0.4, 0.5) is 21.5 Å². The average molecular weight is 265 g/mol. The van der Waals surface area contributed by atoms with Crippen LogP contribution in [0.15, 0.2) is 36.4 Å². The minimum atomic E-state index is -0.472. The number of rotatable bonds is 2. The molecule has 0 amide bonds. The first-order chi connectivity index (χ1) is 8.49. The van der Waals surface area contributed by atoms with Gasteiger partial charge in [-0.25, -0.2) is 4.39 Å². The number of nitrogen functional groups attached to an aromatic ring is 1. The van der Waals surface area contributed by atoms with Crippen molar-refractivity contribution in [3.8, 4) is 0 Å². The molecule has 2 rings (SSSR count). The van der Waals surface area contributed by atoms with Crippen LogP contribution in [0, 0.1) is 12.7 Å². The Morgan fingerprint density at radius 1 is 1.17 bits per heavy atom. The third-order valence-electron chi connectivity index (χ3n) is 2.85. The van der Waals surface area contributed by atoms with Crippen molar-refractivity contribution < 1.29 is 4.39 Å². The summed E-state index contributed by atoms with van der Waals surface area (Å²) in [6.45, 7) is 2.01. The summed E-state index contributed by atoms with van der Waals surface area (Å²) >= 11 is 5.68. The molecule has 0 aliphatic rings. The number of aryl methyl sites for hydroxylation is 1. The molecule has 18 heavy (non-hydrogen) atoms. The molecule has 0 saturated heterocycles. The molecule has 0 aliphatic heterocycles. The Balaban J connectivity index is 2.42. The van der Waals surface area contributed by atoms with Crippen LogP contribution in [0.25, 0.3) is 0 Å². The first kappa shape index (κ1) is 12.7. The largest absolute Gasteiger partial charge is 0.397 e. The van der Waals surface area contributed by atoms with E-state index in [2.05, 4.69) is 0 Å². The van der Waals surface area contributed by atoms with E-state index in [1.165, 1.54) is 17.7 Å². The third kappa shape index (κ3) is 2.41. The van der Waals surface area contributed by atoms with Gasteiger partial charge in [0.15, 0.2) is 0 Å². The zero-order valence-electron chi connectivity index (χ0n) is 10.2. The van der Waals surface area contributed by atoms with E-state index in [-0.39, 0.29) is 5.02 Å². The molecule has 0 atom stereocenters. The maximum Gasteiger partial charge on any atom is 0.144 e. The SMILES string of the molecule is Cc1ccc(N(C)c2cc(F)c(Cl)cc2N)cc1. The lowest BCUT2D eigenvalue weighted by molar-refractivity contribution is 0.628. The van der Waals surface area contributed by atoms with Gasteiger partial charge in [0, 0.05) is 18.8 Å². The highest BCUT2D eigenvalue weighted by Crippen LogP contribution is 2.32. The highest BCUT2D eigenvalue weighted by molar-refractivity contribution is 6.31. The van der Waals surface area contributed by atoms with Gasteiger partial charge in [0.1, 0.15) is 5.82 Å². The number of nitrogens with two attached hydrogens (primary N) is 1. The number of anilines is 3. The van der Waals surface area contributed by atoms with E-state index >= 15 is 0 Å².